The number of halogens is 1. The van der Waals surface area contributed by atoms with Crippen LogP contribution in [0.3, 0.4) is 0 Å². The number of carbonyl (C=O) groups excluding carboxylic acids is 4. The number of fused-ring (bicyclic) bond motifs is 3. The van der Waals surface area contributed by atoms with E-state index < -0.39 is 47.7 Å². The fourth-order valence-electron chi connectivity index (χ4n) is 8.12. The molecule has 51 heavy (non-hydrogen) atoms. The van der Waals surface area contributed by atoms with Gasteiger partial charge in [-0.05, 0) is 60.7 Å². The third-order valence-corrected chi connectivity index (χ3v) is 11.5. The zero-order valence-corrected chi connectivity index (χ0v) is 30.3. The molecule has 0 aromatic heterocycles. The van der Waals surface area contributed by atoms with Crippen molar-refractivity contribution in [1.82, 2.24) is 9.80 Å². The van der Waals surface area contributed by atoms with E-state index in [-0.39, 0.29) is 43.8 Å². The van der Waals surface area contributed by atoms with E-state index in [2.05, 4.69) is 15.9 Å². The van der Waals surface area contributed by atoms with E-state index in [0.717, 1.165) is 10.8 Å². The van der Waals surface area contributed by atoms with Gasteiger partial charge in [-0.15, -0.1) is 0 Å². The number of likely N-dealkylation sites (tertiary alicyclic amines) is 1. The molecule has 4 aliphatic rings. The van der Waals surface area contributed by atoms with E-state index >= 15 is 4.79 Å². The summed E-state index contributed by atoms with van der Waals surface area (Å²) in [4.78, 5) is 62.5. The van der Waals surface area contributed by atoms with Crippen molar-refractivity contribution in [3.8, 4) is 0 Å². The highest BCUT2D eigenvalue weighted by molar-refractivity contribution is 9.11. The summed E-state index contributed by atoms with van der Waals surface area (Å²) < 4.78 is 13.6. The molecule has 1 spiro atoms. The number of likely N-dealkylation sites (N-methyl/N-ethyl adjacent to an activating group) is 1. The van der Waals surface area contributed by atoms with Crippen molar-refractivity contribution in [1.29, 1.82) is 0 Å². The van der Waals surface area contributed by atoms with E-state index in [1.54, 1.807) is 27.8 Å². The molecule has 3 aromatic rings. The smallest absolute Gasteiger partial charge is 0.313 e. The number of aliphatic hydroxyl groups is 1. The third kappa shape index (κ3) is 6.19. The largest absolute Gasteiger partial charge is 0.455 e. The summed E-state index contributed by atoms with van der Waals surface area (Å²) in [6, 6.07) is 21.4. The Kier molecular flexibility index (Phi) is 9.88. The first-order valence-corrected chi connectivity index (χ1v) is 18.4. The predicted octanol–water partition coefficient (Wildman–Crippen LogP) is 5.30. The molecule has 3 amide bonds. The number of rotatable bonds is 6. The summed E-state index contributed by atoms with van der Waals surface area (Å²) >= 11 is 3.63. The lowest BCUT2D eigenvalue weighted by Crippen LogP contribution is -2.56. The highest BCUT2D eigenvalue weighted by atomic mass is 79.9. The lowest BCUT2D eigenvalue weighted by Gasteiger charge is -2.36. The summed E-state index contributed by atoms with van der Waals surface area (Å²) in [5.74, 6) is -3.52. The molecule has 2 fully saturated rings. The minimum Gasteiger partial charge on any atom is -0.455 e. The second-order valence-corrected chi connectivity index (χ2v) is 14.7. The van der Waals surface area contributed by atoms with Crippen molar-refractivity contribution >= 4 is 56.1 Å². The first kappa shape index (κ1) is 35.1. The standard InChI is InChI=1S/C40H42BrN3O7/c1-25-34(27-14-5-3-6-15-27)50-39(49)32-33-37(47)44(21-11-12-22-45)36(40(33)24-30(41)35(32)51-40)38(48)43(20-10-4-7-17-31(46)42(25)2)29-19-18-26-13-8-9-16-28(26)23-29/h3-6,8-10,13-16,18-19,23-25,32-36,45H,7,11-12,17,20-22H2,1-2H3/b10-4-/t25-,32+,33-,34+,35+,36+,40-/m0/s1. The number of amides is 3. The van der Waals surface area contributed by atoms with Gasteiger partial charge < -0.3 is 29.3 Å². The molecule has 0 aliphatic carbocycles. The van der Waals surface area contributed by atoms with Gasteiger partial charge in [-0.3, -0.25) is 19.2 Å². The van der Waals surface area contributed by atoms with Crippen LogP contribution < -0.4 is 4.90 Å². The maximum Gasteiger partial charge on any atom is 0.313 e. The van der Waals surface area contributed by atoms with Gasteiger partial charge in [-0.25, -0.2) is 0 Å². The van der Waals surface area contributed by atoms with Crippen LogP contribution in [0.2, 0.25) is 0 Å². The number of anilines is 1. The van der Waals surface area contributed by atoms with Gasteiger partial charge in [0.15, 0.2) is 0 Å². The Bertz CT molecular complexity index is 1900. The summed E-state index contributed by atoms with van der Waals surface area (Å²) in [6.45, 7) is 2.18. The number of nitrogens with zero attached hydrogens (tertiary/aromatic N) is 3. The van der Waals surface area contributed by atoms with Gasteiger partial charge >= 0.3 is 5.97 Å². The molecule has 7 atom stereocenters. The summed E-state index contributed by atoms with van der Waals surface area (Å²) in [7, 11) is 1.71. The van der Waals surface area contributed by atoms with Gasteiger partial charge in [0.2, 0.25) is 11.8 Å². The minimum absolute atomic E-state index is 0.0573. The van der Waals surface area contributed by atoms with Crippen molar-refractivity contribution in [2.45, 2.75) is 62.5 Å². The Labute approximate surface area is 305 Å². The number of hydrogen-bond donors (Lipinski definition) is 1. The number of benzene rings is 3. The molecule has 4 aliphatic heterocycles. The predicted molar refractivity (Wildman–Crippen MR) is 196 cm³/mol. The number of unbranched alkanes of at least 4 members (excludes halogenated alkanes) is 1. The topological polar surface area (TPSA) is 117 Å². The van der Waals surface area contributed by atoms with Crippen LogP contribution in [0.1, 0.15) is 44.3 Å². The van der Waals surface area contributed by atoms with Crippen LogP contribution in [0.15, 0.2) is 95.5 Å². The summed E-state index contributed by atoms with van der Waals surface area (Å²) in [6.07, 6.45) is 5.49. The van der Waals surface area contributed by atoms with Gasteiger partial charge in [0.1, 0.15) is 29.8 Å². The number of allylic oxidation sites excluding steroid dienone is 1. The molecule has 0 radical (unpaired) electrons. The quantitative estimate of drug-likeness (QED) is 0.206. The molecule has 11 heteroatoms. The lowest BCUT2D eigenvalue weighted by molar-refractivity contribution is -0.164. The van der Waals surface area contributed by atoms with Crippen LogP contribution >= 0.6 is 15.9 Å². The first-order valence-electron chi connectivity index (χ1n) is 17.6. The molecule has 3 aromatic carbocycles. The zero-order valence-electron chi connectivity index (χ0n) is 28.7. The number of aliphatic hydroxyl groups excluding tert-OH is 1. The van der Waals surface area contributed by atoms with Crippen molar-refractivity contribution in [3.05, 3.63) is 101 Å². The average molecular weight is 757 g/mol. The monoisotopic (exact) mass is 755 g/mol. The van der Waals surface area contributed by atoms with Gasteiger partial charge in [0, 0.05) is 43.3 Å². The van der Waals surface area contributed by atoms with E-state index in [1.165, 1.54) is 0 Å². The van der Waals surface area contributed by atoms with Crippen LogP contribution in [-0.4, -0.2) is 89.1 Å². The van der Waals surface area contributed by atoms with Gasteiger partial charge in [0.25, 0.3) is 5.91 Å². The van der Waals surface area contributed by atoms with Crippen LogP contribution in [0.5, 0.6) is 0 Å². The minimum atomic E-state index is -1.44. The maximum atomic E-state index is 15.2. The Balaban J connectivity index is 1.35. The summed E-state index contributed by atoms with van der Waals surface area (Å²) in [5.41, 5.74) is -0.0778. The van der Waals surface area contributed by atoms with Crippen LogP contribution in [0, 0.1) is 11.8 Å². The first-order chi connectivity index (χ1) is 24.7. The SMILES string of the molecule is C[C@H]1[C@H](c2ccccc2)OC(=O)[C@H]2[C@@H]3O[C@@]4(C=C3Br)[C@@H]2C(=O)N(CCCCO)[C@@H]4C(=O)N(c2ccc3ccccc3c2)C/C=C\CCC(=O)N1C. The van der Waals surface area contributed by atoms with Crippen molar-refractivity contribution in [2.75, 3.05) is 31.6 Å². The van der Waals surface area contributed by atoms with E-state index in [0.29, 0.717) is 35.0 Å². The van der Waals surface area contributed by atoms with Gasteiger partial charge in [0.05, 0.1) is 12.0 Å². The van der Waals surface area contributed by atoms with Crippen LogP contribution in [-0.2, 0) is 28.7 Å². The average Bonchev–Trinajstić information content (AvgIpc) is 3.74. The molecule has 2 saturated heterocycles. The summed E-state index contributed by atoms with van der Waals surface area (Å²) in [5, 5.41) is 11.6. The Hall–Kier alpha value is -4.32. The van der Waals surface area contributed by atoms with Crippen molar-refractivity contribution in [2.24, 2.45) is 11.8 Å². The molecule has 0 saturated carbocycles. The van der Waals surface area contributed by atoms with E-state index in [4.69, 9.17) is 9.47 Å². The molecule has 1 N–H and O–H groups in total. The molecule has 5 bridgehead atoms. The fourth-order valence-corrected chi connectivity index (χ4v) is 8.85. The third-order valence-electron chi connectivity index (χ3n) is 10.8. The number of esters is 1. The maximum absolute atomic E-state index is 15.2. The Morgan fingerprint density at radius 2 is 1.65 bits per heavy atom. The van der Waals surface area contributed by atoms with Crippen molar-refractivity contribution < 1.29 is 33.8 Å². The lowest BCUT2D eigenvalue weighted by atomic mass is 9.74. The van der Waals surface area contributed by atoms with Crippen LogP contribution in [0.4, 0.5) is 5.69 Å². The molecular weight excluding hydrogens is 714 g/mol. The fraction of sp³-hybridized carbons (Fsp3) is 0.400. The zero-order chi connectivity index (χ0) is 35.9. The number of cyclic esters (lactones) is 1. The number of hydrogen-bond acceptors (Lipinski definition) is 7. The molecule has 7 rings (SSSR count). The Morgan fingerprint density at radius 1 is 0.902 bits per heavy atom. The highest BCUT2D eigenvalue weighted by Crippen LogP contribution is 2.59. The normalized spacial score (nSPS) is 30.5. The molecule has 4 heterocycles. The van der Waals surface area contributed by atoms with E-state index in [1.807, 2.05) is 91.9 Å². The van der Waals surface area contributed by atoms with E-state index in [9.17, 15) is 19.5 Å². The second kappa shape index (κ2) is 14.4. The van der Waals surface area contributed by atoms with Crippen molar-refractivity contribution in [3.63, 3.8) is 0 Å². The van der Waals surface area contributed by atoms with Gasteiger partial charge in [-0.2, -0.15) is 0 Å². The number of ether oxygens (including phenoxy) is 2. The number of carbonyl (C=O) groups is 4. The highest BCUT2D eigenvalue weighted by Gasteiger charge is 2.75. The molecule has 10 nitrogen and oxygen atoms in total. The van der Waals surface area contributed by atoms with Gasteiger partial charge in [-0.1, -0.05) is 88.7 Å². The molecule has 0 unspecified atom stereocenters. The second-order valence-electron chi connectivity index (χ2n) is 13.8. The molecule has 266 valence electrons. The van der Waals surface area contributed by atoms with Crippen LogP contribution in [0.25, 0.3) is 10.8 Å². The molecular formula is C40H42BrN3O7. The Morgan fingerprint density at radius 3 is 2.41 bits per heavy atom.